The number of nitrogens with zero attached hydrogens (tertiary/aromatic N) is 4. The summed E-state index contributed by atoms with van der Waals surface area (Å²) < 4.78 is 39.5. The molecule has 0 saturated carbocycles. The van der Waals surface area contributed by atoms with Crippen molar-refractivity contribution in [3.8, 4) is 10.4 Å². The maximum Gasteiger partial charge on any atom is 0.433 e. The zero-order valence-electron chi connectivity index (χ0n) is 17.1. The molecule has 0 aliphatic carbocycles. The normalized spacial score (nSPS) is 12.5. The quantitative estimate of drug-likeness (QED) is 0.296. The van der Waals surface area contributed by atoms with Gasteiger partial charge in [0.25, 0.3) is 0 Å². The van der Waals surface area contributed by atoms with E-state index in [1.165, 1.54) is 11.3 Å². The molecule has 4 aromatic rings. The van der Waals surface area contributed by atoms with Crippen molar-refractivity contribution < 1.29 is 18.3 Å². The predicted octanol–water partition coefficient (Wildman–Crippen LogP) is 5.95. The molecule has 1 atom stereocenters. The Hall–Kier alpha value is -2.89. The van der Waals surface area contributed by atoms with Crippen molar-refractivity contribution in [1.29, 1.82) is 0 Å². The summed E-state index contributed by atoms with van der Waals surface area (Å²) in [6, 6.07) is 10.0. The molecule has 4 rings (SSSR count). The van der Waals surface area contributed by atoms with Gasteiger partial charge in [0, 0.05) is 24.3 Å². The van der Waals surface area contributed by atoms with Crippen LogP contribution < -0.4 is 5.32 Å². The summed E-state index contributed by atoms with van der Waals surface area (Å²) in [5.41, 5.74) is 2.11. The Labute approximate surface area is 199 Å². The molecule has 3 heterocycles. The van der Waals surface area contributed by atoms with Gasteiger partial charge in [-0.1, -0.05) is 12.1 Å². The van der Waals surface area contributed by atoms with Crippen molar-refractivity contribution in [1.82, 2.24) is 19.9 Å². The molecule has 0 amide bonds. The number of aromatic nitrogens is 4. The molecule has 0 saturated heterocycles. The van der Waals surface area contributed by atoms with Gasteiger partial charge >= 0.3 is 6.18 Å². The number of hydrogen-bond donors (Lipinski definition) is 2. The van der Waals surface area contributed by atoms with Gasteiger partial charge in [0.1, 0.15) is 15.3 Å². The summed E-state index contributed by atoms with van der Waals surface area (Å²) in [4.78, 5) is 17.0. The first-order valence-corrected chi connectivity index (χ1v) is 11.3. The van der Waals surface area contributed by atoms with Gasteiger partial charge in [-0.3, -0.25) is 0 Å². The molecule has 0 fully saturated rings. The van der Waals surface area contributed by atoms with Gasteiger partial charge in [0.15, 0.2) is 0 Å². The molecule has 33 heavy (non-hydrogen) atoms. The van der Waals surface area contributed by atoms with Crippen LogP contribution in [0.15, 0.2) is 59.6 Å². The summed E-state index contributed by atoms with van der Waals surface area (Å²) in [5.74, 6) is -0.459. The SMILES string of the molecule is Cc1cc(Nc2nccc(C(F)(F)F)n2)cc(-c2cnc(C(CO)c3ccc(Br)nc3)s2)c1. The van der Waals surface area contributed by atoms with E-state index in [-0.39, 0.29) is 18.5 Å². The van der Waals surface area contributed by atoms with Crippen LogP contribution in [0.3, 0.4) is 0 Å². The fourth-order valence-electron chi connectivity index (χ4n) is 3.21. The second kappa shape index (κ2) is 9.54. The van der Waals surface area contributed by atoms with Crippen LogP contribution in [0.25, 0.3) is 10.4 Å². The van der Waals surface area contributed by atoms with Crippen molar-refractivity contribution in [3.63, 3.8) is 0 Å². The number of alkyl halides is 3. The number of benzene rings is 1. The molecule has 6 nitrogen and oxygen atoms in total. The van der Waals surface area contributed by atoms with E-state index in [2.05, 4.69) is 41.2 Å². The maximum absolute atomic E-state index is 12.9. The number of aryl methyl sites for hydroxylation is 1. The fourth-order valence-corrected chi connectivity index (χ4v) is 4.46. The number of anilines is 2. The van der Waals surface area contributed by atoms with Crippen LogP contribution >= 0.6 is 27.3 Å². The molecule has 0 aliphatic heterocycles. The first kappa shape index (κ1) is 23.3. The highest BCUT2D eigenvalue weighted by Gasteiger charge is 2.32. The second-order valence-electron chi connectivity index (χ2n) is 7.19. The monoisotopic (exact) mass is 535 g/mol. The van der Waals surface area contributed by atoms with Crippen LogP contribution in [0, 0.1) is 6.92 Å². The molecule has 1 aromatic carbocycles. The molecule has 170 valence electrons. The standard InChI is InChI=1S/C22H17BrF3N5OS/c1-12-6-14(8-15(7-12)30-21-27-5-4-18(31-21)22(24,25)26)17-10-29-20(33-17)16(11-32)13-2-3-19(23)28-9-13/h2-10,16,32H,11H2,1H3,(H,27,30,31). The Morgan fingerprint density at radius 2 is 1.91 bits per heavy atom. The zero-order chi connectivity index (χ0) is 23.6. The molecule has 1 unspecified atom stereocenters. The average Bonchev–Trinajstić information content (AvgIpc) is 3.25. The second-order valence-corrected chi connectivity index (χ2v) is 9.06. The number of halogens is 4. The van der Waals surface area contributed by atoms with Crippen LogP contribution in [0.2, 0.25) is 0 Å². The topological polar surface area (TPSA) is 83.8 Å². The van der Waals surface area contributed by atoms with Crippen LogP contribution in [-0.4, -0.2) is 31.6 Å². The smallest absolute Gasteiger partial charge is 0.395 e. The van der Waals surface area contributed by atoms with Gasteiger partial charge in [-0.15, -0.1) is 11.3 Å². The third-order valence-corrected chi connectivity index (χ3v) is 6.35. The highest BCUT2D eigenvalue weighted by atomic mass is 79.9. The molecule has 0 bridgehead atoms. The predicted molar refractivity (Wildman–Crippen MR) is 123 cm³/mol. The Bertz CT molecular complexity index is 1260. The third-order valence-electron chi connectivity index (χ3n) is 4.72. The lowest BCUT2D eigenvalue weighted by molar-refractivity contribution is -0.141. The lowest BCUT2D eigenvalue weighted by Gasteiger charge is -2.11. The highest BCUT2D eigenvalue weighted by molar-refractivity contribution is 9.10. The first-order chi connectivity index (χ1) is 15.7. The van der Waals surface area contributed by atoms with Crippen LogP contribution in [0.4, 0.5) is 24.8 Å². The average molecular weight is 536 g/mol. The number of aliphatic hydroxyl groups is 1. The number of nitrogens with one attached hydrogen (secondary N) is 1. The largest absolute Gasteiger partial charge is 0.433 e. The number of pyridine rings is 1. The van der Waals surface area contributed by atoms with Crippen LogP contribution in [0.1, 0.15) is 27.7 Å². The Kier molecular flexibility index (Phi) is 6.73. The molecule has 0 spiro atoms. The summed E-state index contributed by atoms with van der Waals surface area (Å²) in [5, 5.41) is 13.5. The number of aliphatic hydroxyl groups excluding tert-OH is 1. The zero-order valence-corrected chi connectivity index (χ0v) is 19.5. The van der Waals surface area contributed by atoms with E-state index < -0.39 is 11.9 Å². The van der Waals surface area contributed by atoms with Crippen molar-refractivity contribution in [2.45, 2.75) is 19.0 Å². The van der Waals surface area contributed by atoms with Gasteiger partial charge < -0.3 is 10.4 Å². The number of hydrogen-bond acceptors (Lipinski definition) is 7. The minimum Gasteiger partial charge on any atom is -0.395 e. The summed E-state index contributed by atoms with van der Waals surface area (Å²) in [7, 11) is 0. The van der Waals surface area contributed by atoms with Crippen molar-refractivity contribution in [2.24, 2.45) is 0 Å². The highest BCUT2D eigenvalue weighted by Crippen LogP contribution is 2.35. The molecule has 2 N–H and O–H groups in total. The lowest BCUT2D eigenvalue weighted by atomic mass is 10.0. The minimum atomic E-state index is -4.55. The first-order valence-electron chi connectivity index (χ1n) is 9.70. The van der Waals surface area contributed by atoms with Crippen molar-refractivity contribution in [3.05, 3.63) is 81.4 Å². The molecule has 0 radical (unpaired) electrons. The molecule has 0 aliphatic rings. The number of rotatable bonds is 6. The fraction of sp³-hybridized carbons (Fsp3) is 0.182. The molecular weight excluding hydrogens is 519 g/mol. The van der Waals surface area contributed by atoms with E-state index in [1.54, 1.807) is 30.6 Å². The van der Waals surface area contributed by atoms with Crippen molar-refractivity contribution >= 4 is 38.9 Å². The number of thiazole rings is 1. The molecular formula is C22H17BrF3N5OS. The minimum absolute atomic E-state index is 0.121. The van der Waals surface area contributed by atoms with E-state index in [0.717, 1.165) is 38.8 Å². The van der Waals surface area contributed by atoms with Crippen LogP contribution in [-0.2, 0) is 6.18 Å². The maximum atomic E-state index is 12.9. The van der Waals surface area contributed by atoms with Gasteiger partial charge in [0.05, 0.1) is 17.4 Å². The Morgan fingerprint density at radius 3 is 2.61 bits per heavy atom. The summed E-state index contributed by atoms with van der Waals surface area (Å²) in [6.45, 7) is 1.76. The van der Waals surface area contributed by atoms with Gasteiger partial charge in [-0.25, -0.2) is 19.9 Å². The van der Waals surface area contributed by atoms with Crippen LogP contribution in [0.5, 0.6) is 0 Å². The Morgan fingerprint density at radius 1 is 1.09 bits per heavy atom. The van der Waals surface area contributed by atoms with Gasteiger partial charge in [-0.2, -0.15) is 13.2 Å². The molecule has 3 aromatic heterocycles. The van der Waals surface area contributed by atoms with E-state index in [9.17, 15) is 18.3 Å². The Balaban J connectivity index is 1.61. The third kappa shape index (κ3) is 5.55. The molecule has 11 heteroatoms. The summed E-state index contributed by atoms with van der Waals surface area (Å²) in [6.07, 6.45) is -0.0792. The lowest BCUT2D eigenvalue weighted by Crippen LogP contribution is -2.10. The van der Waals surface area contributed by atoms with E-state index in [1.807, 2.05) is 19.1 Å². The van der Waals surface area contributed by atoms with Gasteiger partial charge in [-0.05, 0) is 63.8 Å². The van der Waals surface area contributed by atoms with Gasteiger partial charge in [0.2, 0.25) is 5.95 Å². The van der Waals surface area contributed by atoms with E-state index >= 15 is 0 Å². The summed E-state index contributed by atoms with van der Waals surface area (Å²) >= 11 is 4.73. The van der Waals surface area contributed by atoms with Crippen molar-refractivity contribution in [2.75, 3.05) is 11.9 Å². The van der Waals surface area contributed by atoms with E-state index in [0.29, 0.717) is 10.3 Å². The van der Waals surface area contributed by atoms with E-state index in [4.69, 9.17) is 0 Å².